The molecule has 3 N–H and O–H groups in total. The number of aliphatic hydroxyl groups excluding tert-OH is 1. The number of aliphatic hydroxyl groups is 1. The Kier molecular flexibility index (Phi) is 3.67. The van der Waals surface area contributed by atoms with Crippen molar-refractivity contribution in [3.8, 4) is 0 Å². The molecule has 13 heavy (non-hydrogen) atoms. The van der Waals surface area contributed by atoms with E-state index in [1.54, 1.807) is 6.20 Å². The van der Waals surface area contributed by atoms with Gasteiger partial charge in [0.05, 0.1) is 6.61 Å². The minimum atomic E-state index is 0.136. The van der Waals surface area contributed by atoms with E-state index in [9.17, 15) is 0 Å². The van der Waals surface area contributed by atoms with Gasteiger partial charge in [-0.3, -0.25) is 0 Å². The second kappa shape index (κ2) is 4.79. The van der Waals surface area contributed by atoms with Crippen LogP contribution in [-0.4, -0.2) is 30.3 Å². The molecule has 0 unspecified atom stereocenters. The fourth-order valence-corrected chi connectivity index (χ4v) is 1.03. The van der Waals surface area contributed by atoms with Crippen molar-refractivity contribution in [2.45, 2.75) is 6.54 Å². The summed E-state index contributed by atoms with van der Waals surface area (Å²) < 4.78 is 0. The van der Waals surface area contributed by atoms with Crippen molar-refractivity contribution < 1.29 is 5.11 Å². The molecule has 0 saturated heterocycles. The van der Waals surface area contributed by atoms with Gasteiger partial charge in [-0.2, -0.15) is 0 Å². The summed E-state index contributed by atoms with van der Waals surface area (Å²) in [5.41, 5.74) is 6.46. The van der Waals surface area contributed by atoms with E-state index in [2.05, 4.69) is 4.98 Å². The Hall–Kier alpha value is -1.13. The van der Waals surface area contributed by atoms with Crippen molar-refractivity contribution in [1.29, 1.82) is 0 Å². The highest BCUT2D eigenvalue weighted by Crippen LogP contribution is 2.08. The van der Waals surface area contributed by atoms with Crippen LogP contribution in [0, 0.1) is 0 Å². The van der Waals surface area contributed by atoms with Gasteiger partial charge < -0.3 is 15.7 Å². The molecule has 0 spiro atoms. The lowest BCUT2D eigenvalue weighted by Crippen LogP contribution is -2.22. The number of anilines is 1. The van der Waals surface area contributed by atoms with E-state index >= 15 is 0 Å². The number of pyridine rings is 1. The zero-order valence-electron chi connectivity index (χ0n) is 7.77. The normalized spacial score (nSPS) is 10.1. The highest BCUT2D eigenvalue weighted by molar-refractivity contribution is 5.38. The molecule has 0 amide bonds. The maximum absolute atomic E-state index is 8.71. The fraction of sp³-hybridized carbons (Fsp3) is 0.444. The molecule has 4 heteroatoms. The standard InChI is InChI=1S/C9H15N3O/c1-12(4-5-13)9-3-2-8(6-10)7-11-9/h2-3,7,13H,4-6,10H2,1H3. The van der Waals surface area contributed by atoms with Crippen LogP contribution >= 0.6 is 0 Å². The summed E-state index contributed by atoms with van der Waals surface area (Å²) >= 11 is 0. The third-order valence-corrected chi connectivity index (χ3v) is 1.87. The summed E-state index contributed by atoms with van der Waals surface area (Å²) in [6, 6.07) is 3.84. The van der Waals surface area contributed by atoms with Crippen molar-refractivity contribution in [3.63, 3.8) is 0 Å². The number of nitrogens with two attached hydrogens (primary N) is 1. The van der Waals surface area contributed by atoms with E-state index in [-0.39, 0.29) is 6.61 Å². The molecule has 0 saturated carbocycles. The molecule has 0 radical (unpaired) electrons. The lowest BCUT2D eigenvalue weighted by molar-refractivity contribution is 0.304. The van der Waals surface area contributed by atoms with Gasteiger partial charge in [0.15, 0.2) is 0 Å². The maximum Gasteiger partial charge on any atom is 0.128 e. The van der Waals surface area contributed by atoms with Gasteiger partial charge in [-0.1, -0.05) is 6.07 Å². The Morgan fingerprint density at radius 2 is 2.31 bits per heavy atom. The molecule has 0 aromatic carbocycles. The predicted octanol–water partition coefficient (Wildman–Crippen LogP) is -0.0312. The number of likely N-dealkylation sites (N-methyl/N-ethyl adjacent to an activating group) is 1. The second-order valence-corrected chi connectivity index (χ2v) is 2.87. The van der Waals surface area contributed by atoms with E-state index < -0.39 is 0 Å². The van der Waals surface area contributed by atoms with Crippen LogP contribution in [0.2, 0.25) is 0 Å². The molecule has 0 aliphatic heterocycles. The summed E-state index contributed by atoms with van der Waals surface area (Å²) in [7, 11) is 1.89. The van der Waals surface area contributed by atoms with Gasteiger partial charge in [0.1, 0.15) is 5.82 Å². The molecular weight excluding hydrogens is 166 g/mol. The third kappa shape index (κ3) is 2.68. The van der Waals surface area contributed by atoms with Gasteiger partial charge in [-0.25, -0.2) is 4.98 Å². The first-order valence-corrected chi connectivity index (χ1v) is 4.25. The van der Waals surface area contributed by atoms with Crippen LogP contribution in [0.5, 0.6) is 0 Å². The predicted molar refractivity (Wildman–Crippen MR) is 52.5 cm³/mol. The van der Waals surface area contributed by atoms with Crippen LogP contribution in [0.4, 0.5) is 5.82 Å². The zero-order chi connectivity index (χ0) is 9.68. The van der Waals surface area contributed by atoms with Crippen molar-refractivity contribution in [1.82, 2.24) is 4.98 Å². The molecule has 72 valence electrons. The molecule has 0 atom stereocenters. The number of hydrogen-bond acceptors (Lipinski definition) is 4. The highest BCUT2D eigenvalue weighted by atomic mass is 16.3. The molecule has 1 heterocycles. The quantitative estimate of drug-likeness (QED) is 0.684. The summed E-state index contributed by atoms with van der Waals surface area (Å²) in [5.74, 6) is 0.853. The zero-order valence-corrected chi connectivity index (χ0v) is 7.77. The van der Waals surface area contributed by atoms with Crippen LogP contribution in [0.1, 0.15) is 5.56 Å². The molecule has 1 aromatic rings. The van der Waals surface area contributed by atoms with Gasteiger partial charge in [0.2, 0.25) is 0 Å². The Morgan fingerprint density at radius 3 is 2.77 bits per heavy atom. The van der Waals surface area contributed by atoms with Crippen LogP contribution in [-0.2, 0) is 6.54 Å². The van der Waals surface area contributed by atoms with Gasteiger partial charge >= 0.3 is 0 Å². The summed E-state index contributed by atoms with van der Waals surface area (Å²) in [6.45, 7) is 1.24. The van der Waals surface area contributed by atoms with Crippen molar-refractivity contribution >= 4 is 5.82 Å². The minimum Gasteiger partial charge on any atom is -0.395 e. The van der Waals surface area contributed by atoms with E-state index in [4.69, 9.17) is 10.8 Å². The second-order valence-electron chi connectivity index (χ2n) is 2.87. The SMILES string of the molecule is CN(CCO)c1ccc(CN)cn1. The molecule has 0 fully saturated rings. The Labute approximate surface area is 78.0 Å². The molecule has 1 rings (SSSR count). The van der Waals surface area contributed by atoms with E-state index in [0.29, 0.717) is 13.1 Å². The first kappa shape index (κ1) is 9.95. The number of nitrogens with zero attached hydrogens (tertiary/aromatic N) is 2. The maximum atomic E-state index is 8.71. The van der Waals surface area contributed by atoms with Gasteiger partial charge in [0, 0.05) is 26.3 Å². The van der Waals surface area contributed by atoms with Gasteiger partial charge in [-0.05, 0) is 11.6 Å². The molecular formula is C9H15N3O. The summed E-state index contributed by atoms with van der Waals surface area (Å²) in [5, 5.41) is 8.71. The molecule has 0 aliphatic rings. The molecule has 0 aliphatic carbocycles. The van der Waals surface area contributed by atoms with Crippen molar-refractivity contribution in [2.24, 2.45) is 5.73 Å². The average Bonchev–Trinajstić information content (AvgIpc) is 2.18. The summed E-state index contributed by atoms with van der Waals surface area (Å²) in [6.07, 6.45) is 1.75. The molecule has 4 nitrogen and oxygen atoms in total. The van der Waals surface area contributed by atoms with Crippen LogP contribution in [0.3, 0.4) is 0 Å². The first-order chi connectivity index (χ1) is 6.27. The lowest BCUT2D eigenvalue weighted by Gasteiger charge is -2.16. The average molecular weight is 181 g/mol. The lowest BCUT2D eigenvalue weighted by atomic mass is 10.3. The Balaban J connectivity index is 2.67. The Morgan fingerprint density at radius 1 is 1.54 bits per heavy atom. The largest absolute Gasteiger partial charge is 0.395 e. The van der Waals surface area contributed by atoms with Crippen molar-refractivity contribution in [3.05, 3.63) is 23.9 Å². The number of aromatic nitrogens is 1. The monoisotopic (exact) mass is 181 g/mol. The smallest absolute Gasteiger partial charge is 0.128 e. The number of hydrogen-bond donors (Lipinski definition) is 2. The highest BCUT2D eigenvalue weighted by Gasteiger charge is 2.00. The topological polar surface area (TPSA) is 62.4 Å². The third-order valence-electron chi connectivity index (χ3n) is 1.87. The van der Waals surface area contributed by atoms with E-state index in [1.807, 2.05) is 24.1 Å². The van der Waals surface area contributed by atoms with Crippen LogP contribution in [0.15, 0.2) is 18.3 Å². The van der Waals surface area contributed by atoms with Gasteiger partial charge in [0.25, 0.3) is 0 Å². The first-order valence-electron chi connectivity index (χ1n) is 4.25. The van der Waals surface area contributed by atoms with Crippen LogP contribution in [0.25, 0.3) is 0 Å². The Bertz CT molecular complexity index is 248. The van der Waals surface area contributed by atoms with Gasteiger partial charge in [-0.15, -0.1) is 0 Å². The fourth-order valence-electron chi connectivity index (χ4n) is 1.03. The minimum absolute atomic E-state index is 0.136. The van der Waals surface area contributed by atoms with E-state index in [1.165, 1.54) is 0 Å². The summed E-state index contributed by atoms with van der Waals surface area (Å²) in [4.78, 5) is 6.09. The van der Waals surface area contributed by atoms with E-state index in [0.717, 1.165) is 11.4 Å². The molecule has 0 bridgehead atoms. The van der Waals surface area contributed by atoms with Crippen molar-refractivity contribution in [2.75, 3.05) is 25.1 Å². The number of rotatable bonds is 4. The van der Waals surface area contributed by atoms with Crippen LogP contribution < -0.4 is 10.6 Å². The molecule has 1 aromatic heterocycles.